The van der Waals surface area contributed by atoms with E-state index in [0.717, 1.165) is 0 Å². The maximum absolute atomic E-state index is 4.88. The van der Waals surface area contributed by atoms with Crippen molar-refractivity contribution in [3.05, 3.63) is 6.33 Å². The zero-order chi connectivity index (χ0) is 8.27. The van der Waals surface area contributed by atoms with Crippen LogP contribution in [0.2, 0.25) is 0 Å². The van der Waals surface area contributed by atoms with Gasteiger partial charge in [0, 0.05) is 0 Å². The second-order valence-electron chi connectivity index (χ2n) is 1.74. The second-order valence-corrected chi connectivity index (χ2v) is 2.19. The van der Waals surface area contributed by atoms with Gasteiger partial charge in [0.15, 0.2) is 0 Å². The average Bonchev–Trinajstić information content (AvgIpc) is 2.05. The molecule has 0 saturated carbocycles. The smallest absolute Gasteiger partial charge is 0.233 e. The largest absolute Gasteiger partial charge is 0.480 e. The Morgan fingerprint density at radius 1 is 1.18 bits per heavy atom. The highest BCUT2D eigenvalue weighted by Gasteiger charge is 2.06. The molecule has 11 heavy (non-hydrogen) atoms. The van der Waals surface area contributed by atoms with Crippen molar-refractivity contribution in [2.75, 3.05) is 14.2 Å². The van der Waals surface area contributed by atoms with Crippen molar-refractivity contribution >= 4 is 12.6 Å². The van der Waals surface area contributed by atoms with Gasteiger partial charge in [0.1, 0.15) is 11.2 Å². The summed E-state index contributed by atoms with van der Waals surface area (Å²) in [7, 11) is 3.03. The normalized spacial score (nSPS) is 9.36. The quantitative estimate of drug-likeness (QED) is 0.669. The summed E-state index contributed by atoms with van der Waals surface area (Å²) in [6.07, 6.45) is 1.36. The fraction of sp³-hybridized carbons (Fsp3) is 0.333. The molecular weight excluding hydrogens is 164 g/mol. The highest BCUT2D eigenvalue weighted by Crippen LogP contribution is 2.26. The van der Waals surface area contributed by atoms with Gasteiger partial charge in [-0.1, -0.05) is 0 Å². The third kappa shape index (κ3) is 1.54. The first-order valence-electron chi connectivity index (χ1n) is 2.91. The number of nitrogens with zero attached hydrogens (tertiary/aromatic N) is 2. The summed E-state index contributed by atoms with van der Waals surface area (Å²) in [5.41, 5.74) is 0. The van der Waals surface area contributed by atoms with Crippen molar-refractivity contribution in [1.29, 1.82) is 0 Å². The van der Waals surface area contributed by atoms with Crippen LogP contribution < -0.4 is 9.47 Å². The zero-order valence-electron chi connectivity index (χ0n) is 6.24. The molecule has 0 radical (unpaired) electrons. The molecule has 0 aliphatic carbocycles. The van der Waals surface area contributed by atoms with Crippen molar-refractivity contribution in [3.8, 4) is 11.8 Å². The van der Waals surface area contributed by atoms with E-state index in [1.165, 1.54) is 20.5 Å². The molecular formula is C6H8N2O2S. The maximum atomic E-state index is 4.88. The minimum atomic E-state index is 0.417. The van der Waals surface area contributed by atoms with Crippen molar-refractivity contribution in [2.24, 2.45) is 0 Å². The Balaban J connectivity index is 3.10. The molecule has 0 saturated heterocycles. The summed E-state index contributed by atoms with van der Waals surface area (Å²) in [4.78, 5) is 8.14. The topological polar surface area (TPSA) is 44.2 Å². The van der Waals surface area contributed by atoms with Gasteiger partial charge in [0.25, 0.3) is 0 Å². The fourth-order valence-electron chi connectivity index (χ4n) is 0.646. The van der Waals surface area contributed by atoms with Gasteiger partial charge < -0.3 is 9.47 Å². The summed E-state index contributed by atoms with van der Waals surface area (Å²) in [5.74, 6) is 0.834. The molecule has 0 atom stereocenters. The molecule has 1 aromatic heterocycles. The molecule has 0 unspecified atom stereocenters. The van der Waals surface area contributed by atoms with Gasteiger partial charge in [-0.05, 0) is 0 Å². The lowest BCUT2D eigenvalue weighted by atomic mass is 10.6. The molecule has 0 N–H and O–H groups in total. The number of methoxy groups -OCH3 is 2. The van der Waals surface area contributed by atoms with Crippen LogP contribution >= 0.6 is 12.6 Å². The molecule has 5 heteroatoms. The van der Waals surface area contributed by atoms with E-state index in [1.807, 2.05) is 0 Å². The molecule has 1 aromatic rings. The van der Waals surface area contributed by atoms with Gasteiger partial charge in [0.05, 0.1) is 14.2 Å². The lowest BCUT2D eigenvalue weighted by molar-refractivity contribution is 0.353. The van der Waals surface area contributed by atoms with Crippen LogP contribution in [0.15, 0.2) is 11.2 Å². The second kappa shape index (κ2) is 3.43. The van der Waals surface area contributed by atoms with E-state index in [2.05, 4.69) is 22.6 Å². The molecule has 60 valence electrons. The fourth-order valence-corrected chi connectivity index (χ4v) is 0.944. The first-order valence-corrected chi connectivity index (χ1v) is 3.36. The Labute approximate surface area is 70.0 Å². The van der Waals surface area contributed by atoms with E-state index < -0.39 is 0 Å². The summed E-state index contributed by atoms with van der Waals surface area (Å²) < 4.78 is 9.76. The van der Waals surface area contributed by atoms with E-state index >= 15 is 0 Å². The van der Waals surface area contributed by atoms with Gasteiger partial charge in [-0.25, -0.2) is 9.97 Å². The van der Waals surface area contributed by atoms with Crippen LogP contribution in [0.25, 0.3) is 0 Å². The van der Waals surface area contributed by atoms with Gasteiger partial charge in [-0.15, -0.1) is 12.6 Å². The Morgan fingerprint density at radius 2 is 1.64 bits per heavy atom. The van der Waals surface area contributed by atoms with Crippen molar-refractivity contribution in [3.63, 3.8) is 0 Å². The molecule has 0 fully saturated rings. The Hall–Kier alpha value is -0.970. The molecule has 0 aliphatic rings. The minimum Gasteiger partial charge on any atom is -0.480 e. The van der Waals surface area contributed by atoms with Crippen LogP contribution in [0, 0.1) is 0 Å². The van der Waals surface area contributed by atoms with Crippen LogP contribution in [-0.2, 0) is 0 Å². The predicted octanol–water partition coefficient (Wildman–Crippen LogP) is 0.782. The van der Waals surface area contributed by atoms with E-state index in [9.17, 15) is 0 Å². The van der Waals surface area contributed by atoms with Crippen LogP contribution in [0.4, 0.5) is 0 Å². The third-order valence-corrected chi connectivity index (χ3v) is 1.52. The van der Waals surface area contributed by atoms with Crippen molar-refractivity contribution in [1.82, 2.24) is 9.97 Å². The molecule has 0 spiro atoms. The SMILES string of the molecule is COc1ncnc(OC)c1S. The summed E-state index contributed by atoms with van der Waals surface area (Å²) in [6.45, 7) is 0. The highest BCUT2D eigenvalue weighted by atomic mass is 32.1. The zero-order valence-corrected chi connectivity index (χ0v) is 7.13. The molecule has 0 aromatic carbocycles. The molecule has 0 amide bonds. The van der Waals surface area contributed by atoms with Gasteiger partial charge in [-0.3, -0.25) is 0 Å². The lowest BCUT2D eigenvalue weighted by Crippen LogP contribution is -1.94. The van der Waals surface area contributed by atoms with E-state index in [4.69, 9.17) is 9.47 Å². The highest BCUT2D eigenvalue weighted by molar-refractivity contribution is 7.80. The maximum Gasteiger partial charge on any atom is 0.233 e. The monoisotopic (exact) mass is 172 g/mol. The first-order chi connectivity index (χ1) is 5.29. The Morgan fingerprint density at radius 3 is 2.00 bits per heavy atom. The number of hydrogen-bond donors (Lipinski definition) is 1. The number of aromatic nitrogens is 2. The summed E-state index contributed by atoms with van der Waals surface area (Å²) in [5, 5.41) is 0. The Bertz CT molecular complexity index is 232. The molecule has 0 aliphatic heterocycles. The predicted molar refractivity (Wildman–Crippen MR) is 42.4 cm³/mol. The minimum absolute atomic E-state index is 0.417. The van der Waals surface area contributed by atoms with Crippen molar-refractivity contribution in [2.45, 2.75) is 4.90 Å². The van der Waals surface area contributed by atoms with Gasteiger partial charge >= 0.3 is 0 Å². The molecule has 1 rings (SSSR count). The Kier molecular flexibility index (Phi) is 2.53. The number of hydrogen-bond acceptors (Lipinski definition) is 5. The van der Waals surface area contributed by atoms with E-state index in [-0.39, 0.29) is 0 Å². The molecule has 4 nitrogen and oxygen atoms in total. The number of rotatable bonds is 2. The van der Waals surface area contributed by atoms with E-state index in [1.54, 1.807) is 0 Å². The number of thiol groups is 1. The van der Waals surface area contributed by atoms with Crippen LogP contribution in [0.5, 0.6) is 11.8 Å². The molecule has 1 heterocycles. The van der Waals surface area contributed by atoms with Crippen LogP contribution in [-0.4, -0.2) is 24.2 Å². The summed E-state index contributed by atoms with van der Waals surface area (Å²) >= 11 is 4.10. The number of ether oxygens (including phenoxy) is 2. The average molecular weight is 172 g/mol. The van der Waals surface area contributed by atoms with Gasteiger partial charge in [-0.2, -0.15) is 0 Å². The van der Waals surface area contributed by atoms with Gasteiger partial charge in [0.2, 0.25) is 11.8 Å². The van der Waals surface area contributed by atoms with Crippen LogP contribution in [0.1, 0.15) is 0 Å². The van der Waals surface area contributed by atoms with Crippen LogP contribution in [0.3, 0.4) is 0 Å². The third-order valence-electron chi connectivity index (χ3n) is 1.14. The standard InChI is InChI=1S/C6H8N2O2S/c1-9-5-4(11)6(10-2)8-3-7-5/h3,11H,1-2H3. The lowest BCUT2D eigenvalue weighted by Gasteiger charge is -2.04. The van der Waals surface area contributed by atoms with Crippen molar-refractivity contribution < 1.29 is 9.47 Å². The first kappa shape index (κ1) is 8.13. The molecule has 0 bridgehead atoms. The summed E-state index contributed by atoms with van der Waals surface area (Å²) in [6, 6.07) is 0. The van der Waals surface area contributed by atoms with E-state index in [0.29, 0.717) is 16.7 Å².